The summed E-state index contributed by atoms with van der Waals surface area (Å²) in [5.41, 5.74) is 4.84. The molecule has 1 amide bonds. The van der Waals surface area contributed by atoms with E-state index in [1.165, 1.54) is 10.8 Å². The minimum absolute atomic E-state index is 0.112. The van der Waals surface area contributed by atoms with Crippen molar-refractivity contribution in [1.29, 1.82) is 0 Å². The van der Waals surface area contributed by atoms with Crippen LogP contribution in [0.5, 0.6) is 0 Å². The molecule has 2 aromatic carbocycles. The van der Waals surface area contributed by atoms with Gasteiger partial charge in [-0.1, -0.05) is 18.2 Å². The van der Waals surface area contributed by atoms with Crippen LogP contribution in [0.15, 0.2) is 59.5 Å². The van der Waals surface area contributed by atoms with Crippen LogP contribution in [0.3, 0.4) is 0 Å². The standard InChI is InChI=1S/C22H21N5O2/c1-14-8-15(2)10-17(9-14)27-20(11-16(3)25-27)24-21(28)13-26-19-7-5-4-6-18(19)23-12-22(26)29/h4-12H,13H2,1-3H3,(H,24,28). The lowest BCUT2D eigenvalue weighted by Gasteiger charge is -2.12. The number of aromatic nitrogens is 4. The van der Waals surface area contributed by atoms with Crippen molar-refractivity contribution in [1.82, 2.24) is 19.3 Å². The molecule has 2 aromatic heterocycles. The number of anilines is 1. The number of benzene rings is 2. The van der Waals surface area contributed by atoms with E-state index in [9.17, 15) is 9.59 Å². The second-order valence-electron chi connectivity index (χ2n) is 7.15. The molecule has 2 heterocycles. The number of hydrogen-bond donors (Lipinski definition) is 1. The highest BCUT2D eigenvalue weighted by atomic mass is 16.2. The van der Waals surface area contributed by atoms with Gasteiger partial charge in [0.1, 0.15) is 12.4 Å². The van der Waals surface area contributed by atoms with Crippen molar-refractivity contribution in [2.24, 2.45) is 0 Å². The Kier molecular flexibility index (Phi) is 4.72. The molecule has 0 aliphatic rings. The van der Waals surface area contributed by atoms with Crippen LogP contribution in [0.2, 0.25) is 0 Å². The highest BCUT2D eigenvalue weighted by Crippen LogP contribution is 2.20. The lowest BCUT2D eigenvalue weighted by molar-refractivity contribution is -0.116. The fraction of sp³-hybridized carbons (Fsp3) is 0.182. The molecular formula is C22H21N5O2. The van der Waals surface area contributed by atoms with E-state index in [1.54, 1.807) is 10.7 Å². The van der Waals surface area contributed by atoms with Crippen molar-refractivity contribution in [3.8, 4) is 5.69 Å². The minimum Gasteiger partial charge on any atom is -0.309 e. The molecule has 146 valence electrons. The number of carbonyl (C=O) groups is 1. The molecule has 4 aromatic rings. The van der Waals surface area contributed by atoms with Gasteiger partial charge >= 0.3 is 0 Å². The maximum atomic E-state index is 12.8. The van der Waals surface area contributed by atoms with Crippen LogP contribution in [0, 0.1) is 20.8 Å². The largest absolute Gasteiger partial charge is 0.309 e. The third-order valence-electron chi connectivity index (χ3n) is 4.60. The Hall–Kier alpha value is -3.74. The third kappa shape index (κ3) is 3.80. The Morgan fingerprint density at radius 2 is 1.76 bits per heavy atom. The molecule has 0 fully saturated rings. The van der Waals surface area contributed by atoms with E-state index in [0.29, 0.717) is 16.9 Å². The molecule has 0 spiro atoms. The van der Waals surface area contributed by atoms with Gasteiger partial charge in [-0.15, -0.1) is 0 Å². The second kappa shape index (κ2) is 7.35. The zero-order chi connectivity index (χ0) is 20.5. The quantitative estimate of drug-likeness (QED) is 0.583. The Labute approximate surface area is 167 Å². The maximum Gasteiger partial charge on any atom is 0.269 e. The van der Waals surface area contributed by atoms with Crippen LogP contribution in [0.4, 0.5) is 5.82 Å². The summed E-state index contributed by atoms with van der Waals surface area (Å²) < 4.78 is 3.13. The van der Waals surface area contributed by atoms with Crippen LogP contribution in [-0.2, 0) is 11.3 Å². The average Bonchev–Trinajstić information content (AvgIpc) is 3.03. The van der Waals surface area contributed by atoms with Gasteiger partial charge < -0.3 is 5.32 Å². The van der Waals surface area contributed by atoms with E-state index < -0.39 is 0 Å². The predicted molar refractivity (Wildman–Crippen MR) is 112 cm³/mol. The molecule has 0 atom stereocenters. The molecule has 4 rings (SSSR count). The number of hydrogen-bond acceptors (Lipinski definition) is 4. The number of nitrogens with one attached hydrogen (secondary N) is 1. The molecule has 7 nitrogen and oxygen atoms in total. The first-order valence-electron chi connectivity index (χ1n) is 9.30. The molecule has 7 heteroatoms. The van der Waals surface area contributed by atoms with Gasteiger partial charge in [-0.05, 0) is 56.2 Å². The number of rotatable bonds is 4. The lowest BCUT2D eigenvalue weighted by Crippen LogP contribution is -2.28. The van der Waals surface area contributed by atoms with Crippen LogP contribution in [-0.4, -0.2) is 25.2 Å². The van der Waals surface area contributed by atoms with Gasteiger partial charge in [-0.3, -0.25) is 14.2 Å². The van der Waals surface area contributed by atoms with Crippen LogP contribution in [0.1, 0.15) is 16.8 Å². The summed E-state index contributed by atoms with van der Waals surface area (Å²) in [6.07, 6.45) is 1.24. The summed E-state index contributed by atoms with van der Waals surface area (Å²) in [7, 11) is 0. The molecule has 0 unspecified atom stereocenters. The SMILES string of the molecule is Cc1cc(C)cc(-n2nc(C)cc2NC(=O)Cn2c(=O)cnc3ccccc32)c1. The fourth-order valence-corrected chi connectivity index (χ4v) is 3.46. The minimum atomic E-state index is -0.321. The van der Waals surface area contributed by atoms with E-state index in [-0.39, 0.29) is 18.0 Å². The van der Waals surface area contributed by atoms with Gasteiger partial charge in [0, 0.05) is 6.07 Å². The highest BCUT2D eigenvalue weighted by molar-refractivity contribution is 5.91. The zero-order valence-corrected chi connectivity index (χ0v) is 16.5. The third-order valence-corrected chi connectivity index (χ3v) is 4.60. The molecular weight excluding hydrogens is 366 g/mol. The van der Waals surface area contributed by atoms with Gasteiger partial charge in [0.2, 0.25) is 5.91 Å². The first-order valence-corrected chi connectivity index (χ1v) is 9.30. The second-order valence-corrected chi connectivity index (χ2v) is 7.15. The van der Waals surface area contributed by atoms with Crippen LogP contribution in [0.25, 0.3) is 16.7 Å². The molecule has 0 saturated carbocycles. The highest BCUT2D eigenvalue weighted by Gasteiger charge is 2.14. The topological polar surface area (TPSA) is 81.8 Å². The van der Waals surface area contributed by atoms with E-state index in [2.05, 4.69) is 21.5 Å². The average molecular weight is 387 g/mol. The molecule has 0 aliphatic heterocycles. The smallest absolute Gasteiger partial charge is 0.269 e. The molecule has 29 heavy (non-hydrogen) atoms. The Morgan fingerprint density at radius 3 is 2.52 bits per heavy atom. The fourth-order valence-electron chi connectivity index (χ4n) is 3.46. The normalized spacial score (nSPS) is 11.0. The van der Waals surface area contributed by atoms with Crippen LogP contribution >= 0.6 is 0 Å². The number of amides is 1. The van der Waals surface area contributed by atoms with E-state index in [1.807, 2.05) is 57.2 Å². The van der Waals surface area contributed by atoms with E-state index in [0.717, 1.165) is 22.5 Å². The number of nitrogens with zero attached hydrogens (tertiary/aromatic N) is 4. The first-order chi connectivity index (χ1) is 13.9. The van der Waals surface area contributed by atoms with E-state index in [4.69, 9.17) is 0 Å². The lowest BCUT2D eigenvalue weighted by atomic mass is 10.1. The summed E-state index contributed by atoms with van der Waals surface area (Å²) in [5, 5.41) is 7.40. The van der Waals surface area contributed by atoms with Gasteiger partial charge in [-0.2, -0.15) is 5.10 Å². The van der Waals surface area contributed by atoms with Gasteiger partial charge in [-0.25, -0.2) is 9.67 Å². The molecule has 1 N–H and O–H groups in total. The zero-order valence-electron chi connectivity index (χ0n) is 16.5. The molecule has 0 bridgehead atoms. The van der Waals surface area contributed by atoms with Crippen molar-refractivity contribution < 1.29 is 4.79 Å². The Bertz CT molecular complexity index is 1270. The van der Waals surface area contributed by atoms with Crippen molar-refractivity contribution in [3.05, 3.63) is 81.9 Å². The summed E-state index contributed by atoms with van der Waals surface area (Å²) in [6, 6.07) is 15.2. The first kappa shape index (κ1) is 18.6. The number of aryl methyl sites for hydroxylation is 3. The predicted octanol–water partition coefficient (Wildman–Crippen LogP) is 3.15. The molecule has 0 saturated heterocycles. The summed E-state index contributed by atoms with van der Waals surface area (Å²) in [5.74, 6) is 0.248. The van der Waals surface area contributed by atoms with Crippen molar-refractivity contribution in [2.45, 2.75) is 27.3 Å². The summed E-state index contributed by atoms with van der Waals surface area (Å²) in [4.78, 5) is 29.2. The van der Waals surface area contributed by atoms with Gasteiger partial charge in [0.05, 0.1) is 28.6 Å². The number of para-hydroxylation sites is 2. The van der Waals surface area contributed by atoms with Gasteiger partial charge in [0.15, 0.2) is 0 Å². The molecule has 0 radical (unpaired) electrons. The summed E-state index contributed by atoms with van der Waals surface area (Å²) in [6.45, 7) is 5.80. The van der Waals surface area contributed by atoms with E-state index >= 15 is 0 Å². The van der Waals surface area contributed by atoms with Crippen molar-refractivity contribution in [3.63, 3.8) is 0 Å². The van der Waals surface area contributed by atoms with Crippen LogP contribution < -0.4 is 10.9 Å². The monoisotopic (exact) mass is 387 g/mol. The van der Waals surface area contributed by atoms with Gasteiger partial charge in [0.25, 0.3) is 5.56 Å². The van der Waals surface area contributed by atoms with Crippen molar-refractivity contribution in [2.75, 3.05) is 5.32 Å². The number of fused-ring (bicyclic) bond motifs is 1. The van der Waals surface area contributed by atoms with Crippen molar-refractivity contribution >= 4 is 22.8 Å². The number of carbonyl (C=O) groups excluding carboxylic acids is 1. The Balaban J connectivity index is 1.65. The maximum absolute atomic E-state index is 12.8. The molecule has 0 aliphatic carbocycles. The Morgan fingerprint density at radius 1 is 1.03 bits per heavy atom. The summed E-state index contributed by atoms with van der Waals surface area (Å²) >= 11 is 0.